The van der Waals surface area contributed by atoms with E-state index in [0.717, 1.165) is 12.1 Å². The van der Waals surface area contributed by atoms with Crippen LogP contribution >= 0.6 is 0 Å². The largest absolute Gasteiger partial charge is 0.396 e. The van der Waals surface area contributed by atoms with E-state index in [1.165, 1.54) is 5.56 Å². The van der Waals surface area contributed by atoms with Crippen molar-refractivity contribution in [1.29, 1.82) is 0 Å². The second kappa shape index (κ2) is 4.94. The van der Waals surface area contributed by atoms with Crippen LogP contribution in [0.5, 0.6) is 0 Å². The monoisotopic (exact) mass is 216 g/mol. The van der Waals surface area contributed by atoms with Crippen molar-refractivity contribution in [3.63, 3.8) is 0 Å². The molecule has 0 saturated carbocycles. The first kappa shape index (κ1) is 10.9. The van der Waals surface area contributed by atoms with Crippen molar-refractivity contribution in [2.75, 3.05) is 6.61 Å². The molecule has 84 valence electrons. The number of hydrogen-bond donors (Lipinski definition) is 1. The smallest absolute Gasteiger partial charge is 0.0568 e. The van der Waals surface area contributed by atoms with Gasteiger partial charge in [-0.3, -0.25) is 4.68 Å². The van der Waals surface area contributed by atoms with E-state index < -0.39 is 0 Å². The molecule has 1 aromatic heterocycles. The van der Waals surface area contributed by atoms with Gasteiger partial charge in [0.05, 0.1) is 6.20 Å². The zero-order valence-electron chi connectivity index (χ0n) is 9.37. The fourth-order valence-corrected chi connectivity index (χ4v) is 1.62. The van der Waals surface area contributed by atoms with Gasteiger partial charge in [0.25, 0.3) is 0 Å². The minimum Gasteiger partial charge on any atom is -0.396 e. The van der Waals surface area contributed by atoms with Gasteiger partial charge in [0.2, 0.25) is 0 Å². The highest BCUT2D eigenvalue weighted by Gasteiger charge is 2.04. The van der Waals surface area contributed by atoms with Gasteiger partial charge in [0.1, 0.15) is 0 Å². The molecule has 1 unspecified atom stereocenters. The molecule has 2 rings (SSSR count). The normalized spacial score (nSPS) is 12.6. The van der Waals surface area contributed by atoms with Gasteiger partial charge < -0.3 is 5.11 Å². The highest BCUT2D eigenvalue weighted by atomic mass is 16.3. The molecule has 1 atom stereocenters. The highest BCUT2D eigenvalue weighted by Crippen LogP contribution is 2.17. The molecule has 0 aliphatic heterocycles. The molecular formula is C13H16N2O. The molecular weight excluding hydrogens is 200 g/mol. The Hall–Kier alpha value is -1.61. The lowest BCUT2D eigenvalue weighted by atomic mass is 10.1. The third kappa shape index (κ3) is 2.49. The second-order valence-corrected chi connectivity index (χ2v) is 4.10. The third-order valence-corrected chi connectivity index (χ3v) is 2.55. The summed E-state index contributed by atoms with van der Waals surface area (Å²) in [6, 6.07) is 10.2. The summed E-state index contributed by atoms with van der Waals surface area (Å²) in [4.78, 5) is 0. The summed E-state index contributed by atoms with van der Waals surface area (Å²) in [6.07, 6.45) is 3.88. The first-order chi connectivity index (χ1) is 7.79. The molecule has 3 nitrogen and oxygen atoms in total. The lowest BCUT2D eigenvalue weighted by Crippen LogP contribution is -2.11. The molecule has 0 fully saturated rings. The molecule has 0 spiro atoms. The molecule has 0 radical (unpaired) electrons. The lowest BCUT2D eigenvalue weighted by Gasteiger charge is -2.06. The van der Waals surface area contributed by atoms with E-state index in [9.17, 15) is 0 Å². The van der Waals surface area contributed by atoms with Crippen LogP contribution in [0.15, 0.2) is 42.7 Å². The molecule has 0 bridgehead atoms. The molecule has 0 aliphatic rings. The minimum atomic E-state index is 0.195. The van der Waals surface area contributed by atoms with Gasteiger partial charge in [-0.25, -0.2) is 0 Å². The van der Waals surface area contributed by atoms with Crippen LogP contribution in [-0.4, -0.2) is 21.5 Å². The molecule has 0 amide bonds. The zero-order valence-corrected chi connectivity index (χ0v) is 9.37. The molecule has 16 heavy (non-hydrogen) atoms. The fraction of sp³-hybridized carbons (Fsp3) is 0.308. The fourth-order valence-electron chi connectivity index (χ4n) is 1.62. The molecule has 3 heteroatoms. The predicted octanol–water partition coefficient (Wildman–Crippen LogP) is 2.18. The molecule has 0 aliphatic carbocycles. The Morgan fingerprint density at radius 3 is 2.69 bits per heavy atom. The van der Waals surface area contributed by atoms with E-state index in [-0.39, 0.29) is 12.5 Å². The second-order valence-electron chi connectivity index (χ2n) is 4.10. The van der Waals surface area contributed by atoms with Crippen molar-refractivity contribution >= 4 is 0 Å². The van der Waals surface area contributed by atoms with Crippen LogP contribution in [0.1, 0.15) is 6.92 Å². The zero-order chi connectivity index (χ0) is 11.4. The standard InChI is InChI=1S/C13H16N2O/c1-11(10-16)8-15-9-13(7-14-15)12-5-3-2-4-6-12/h2-7,9,11,16H,8,10H2,1H3. The third-order valence-electron chi connectivity index (χ3n) is 2.55. The van der Waals surface area contributed by atoms with E-state index in [4.69, 9.17) is 5.11 Å². The first-order valence-corrected chi connectivity index (χ1v) is 5.48. The Balaban J connectivity index is 2.14. The van der Waals surface area contributed by atoms with Gasteiger partial charge in [-0.2, -0.15) is 5.10 Å². The molecule has 2 aromatic rings. The van der Waals surface area contributed by atoms with Crippen molar-refractivity contribution < 1.29 is 5.11 Å². The average Bonchev–Trinajstić information content (AvgIpc) is 2.78. The maximum Gasteiger partial charge on any atom is 0.0568 e. The molecule has 1 aromatic carbocycles. The van der Waals surface area contributed by atoms with Gasteiger partial charge in [-0.15, -0.1) is 0 Å². The summed E-state index contributed by atoms with van der Waals surface area (Å²) >= 11 is 0. The van der Waals surface area contributed by atoms with E-state index in [1.54, 1.807) is 0 Å². The number of aromatic nitrogens is 2. The number of benzene rings is 1. The van der Waals surface area contributed by atoms with E-state index in [2.05, 4.69) is 17.2 Å². The highest BCUT2D eigenvalue weighted by molar-refractivity contribution is 5.61. The quantitative estimate of drug-likeness (QED) is 0.850. The summed E-state index contributed by atoms with van der Waals surface area (Å²) in [5.41, 5.74) is 2.29. The van der Waals surface area contributed by atoms with Crippen LogP contribution in [0.3, 0.4) is 0 Å². The van der Waals surface area contributed by atoms with Crippen molar-refractivity contribution in [2.45, 2.75) is 13.5 Å². The van der Waals surface area contributed by atoms with Crippen LogP contribution in [0.25, 0.3) is 11.1 Å². The Bertz CT molecular complexity index is 436. The van der Waals surface area contributed by atoms with Crippen molar-refractivity contribution in [1.82, 2.24) is 9.78 Å². The van der Waals surface area contributed by atoms with Crippen LogP contribution in [0.4, 0.5) is 0 Å². The number of aliphatic hydroxyl groups is 1. The summed E-state index contributed by atoms with van der Waals surface area (Å²) in [5.74, 6) is 0.239. The molecule has 1 N–H and O–H groups in total. The van der Waals surface area contributed by atoms with Crippen molar-refractivity contribution in [3.05, 3.63) is 42.7 Å². The number of rotatable bonds is 4. The Kier molecular flexibility index (Phi) is 3.37. The maximum absolute atomic E-state index is 8.98. The number of aliphatic hydroxyl groups excluding tert-OH is 1. The van der Waals surface area contributed by atoms with Crippen LogP contribution < -0.4 is 0 Å². The summed E-state index contributed by atoms with van der Waals surface area (Å²) < 4.78 is 1.88. The Morgan fingerprint density at radius 2 is 2.00 bits per heavy atom. The maximum atomic E-state index is 8.98. The van der Waals surface area contributed by atoms with Gasteiger partial charge in [-0.05, 0) is 11.5 Å². The average molecular weight is 216 g/mol. The van der Waals surface area contributed by atoms with Crippen LogP contribution in [0, 0.1) is 5.92 Å². The van der Waals surface area contributed by atoms with Crippen molar-refractivity contribution in [2.24, 2.45) is 5.92 Å². The predicted molar refractivity (Wildman–Crippen MR) is 63.9 cm³/mol. The van der Waals surface area contributed by atoms with Crippen LogP contribution in [0.2, 0.25) is 0 Å². The van der Waals surface area contributed by atoms with Gasteiger partial charge in [0.15, 0.2) is 0 Å². The Morgan fingerprint density at radius 1 is 1.25 bits per heavy atom. The van der Waals surface area contributed by atoms with Crippen molar-refractivity contribution in [3.8, 4) is 11.1 Å². The number of hydrogen-bond acceptors (Lipinski definition) is 2. The lowest BCUT2D eigenvalue weighted by molar-refractivity contribution is 0.219. The van der Waals surface area contributed by atoms with Gasteiger partial charge >= 0.3 is 0 Å². The van der Waals surface area contributed by atoms with Gasteiger partial charge in [0, 0.05) is 24.9 Å². The summed E-state index contributed by atoms with van der Waals surface area (Å²) in [7, 11) is 0. The summed E-state index contributed by atoms with van der Waals surface area (Å²) in [6.45, 7) is 2.95. The first-order valence-electron chi connectivity index (χ1n) is 5.48. The van der Waals surface area contributed by atoms with Crippen LogP contribution in [-0.2, 0) is 6.54 Å². The van der Waals surface area contributed by atoms with E-state index in [1.807, 2.05) is 42.2 Å². The molecule has 1 heterocycles. The Labute approximate surface area is 95.3 Å². The van der Waals surface area contributed by atoms with E-state index in [0.29, 0.717) is 0 Å². The van der Waals surface area contributed by atoms with Gasteiger partial charge in [-0.1, -0.05) is 37.3 Å². The summed E-state index contributed by atoms with van der Waals surface area (Å²) in [5, 5.41) is 13.3. The van der Waals surface area contributed by atoms with E-state index >= 15 is 0 Å². The topological polar surface area (TPSA) is 38.0 Å². The molecule has 0 saturated heterocycles. The number of nitrogens with zero attached hydrogens (tertiary/aromatic N) is 2. The SMILES string of the molecule is CC(CO)Cn1cc(-c2ccccc2)cn1. The minimum absolute atomic E-state index is 0.195.